The van der Waals surface area contributed by atoms with Crippen LogP contribution < -0.4 is 15.6 Å². The van der Waals surface area contributed by atoms with Crippen LogP contribution in [-0.4, -0.2) is 20.3 Å². The first kappa shape index (κ1) is 18.4. The third-order valence-corrected chi connectivity index (χ3v) is 6.37. The first-order valence-corrected chi connectivity index (χ1v) is 9.09. The first-order chi connectivity index (χ1) is 10.9. The number of nitrogens with two attached hydrogens (primary N) is 1. The number of primary sulfonamides is 1. The van der Waals surface area contributed by atoms with E-state index in [9.17, 15) is 23.1 Å². The summed E-state index contributed by atoms with van der Waals surface area (Å²) in [6.45, 7) is 5.12. The minimum atomic E-state index is -3.79. The van der Waals surface area contributed by atoms with Crippen molar-refractivity contribution < 1.29 is 23.1 Å². The second kappa shape index (κ2) is 5.86. The summed E-state index contributed by atoms with van der Waals surface area (Å²) in [6.07, 6.45) is 0.809. The van der Waals surface area contributed by atoms with Crippen LogP contribution in [0, 0.1) is 16.7 Å². The van der Waals surface area contributed by atoms with E-state index in [1.807, 2.05) is 0 Å². The topological polar surface area (TPSA) is 129 Å². The fraction of sp³-hybridized carbons (Fsp3) is 0.500. The Morgan fingerprint density at radius 2 is 1.75 bits per heavy atom. The van der Waals surface area contributed by atoms with Gasteiger partial charge in [0.1, 0.15) is 0 Å². The van der Waals surface area contributed by atoms with Gasteiger partial charge in [-0.25, -0.2) is 13.6 Å². The van der Waals surface area contributed by atoms with Crippen LogP contribution in [-0.2, 0) is 19.6 Å². The Morgan fingerprint density at radius 3 is 2.17 bits per heavy atom. The highest BCUT2D eigenvalue weighted by Crippen LogP contribution is 2.55. The highest BCUT2D eigenvalue weighted by molar-refractivity contribution is 7.89. The molecule has 8 heteroatoms. The van der Waals surface area contributed by atoms with Gasteiger partial charge in [-0.1, -0.05) is 20.8 Å². The van der Waals surface area contributed by atoms with E-state index in [0.717, 1.165) is 0 Å². The van der Waals surface area contributed by atoms with Crippen LogP contribution in [0.3, 0.4) is 0 Å². The van der Waals surface area contributed by atoms with Gasteiger partial charge < -0.3 is 15.2 Å². The number of benzene rings is 1. The summed E-state index contributed by atoms with van der Waals surface area (Å²) in [5, 5.41) is 19.2. The van der Waals surface area contributed by atoms with E-state index in [4.69, 9.17) is 5.14 Å². The molecule has 7 nitrogen and oxygen atoms in total. The predicted molar refractivity (Wildman–Crippen MR) is 86.1 cm³/mol. The maximum atomic E-state index is 12.6. The molecule has 0 spiro atoms. The number of anilines is 1. The third kappa shape index (κ3) is 3.03. The molecule has 0 unspecified atom stereocenters. The van der Waals surface area contributed by atoms with E-state index in [-0.39, 0.29) is 10.8 Å². The molecule has 24 heavy (non-hydrogen) atoms. The number of hydrogen-bond donors (Lipinski definition) is 2. The molecular weight excluding hydrogens is 332 g/mol. The number of carboxylic acid groups (broad SMARTS) is 1. The number of carboxylic acids is 1. The summed E-state index contributed by atoms with van der Waals surface area (Å²) in [7, 11) is -3.79. The van der Waals surface area contributed by atoms with Gasteiger partial charge in [-0.2, -0.15) is 0 Å². The Morgan fingerprint density at radius 1 is 1.21 bits per heavy atom. The van der Waals surface area contributed by atoms with E-state index in [0.29, 0.717) is 18.5 Å². The predicted octanol–water partition coefficient (Wildman–Crippen LogP) is 0.465. The van der Waals surface area contributed by atoms with Crippen molar-refractivity contribution in [3.63, 3.8) is 0 Å². The summed E-state index contributed by atoms with van der Waals surface area (Å²) in [4.78, 5) is 24.0. The molecule has 1 saturated carbocycles. The highest BCUT2D eigenvalue weighted by Gasteiger charge is 2.54. The Labute approximate surface area is 141 Å². The number of aliphatic carboxylic acids is 1. The molecule has 2 atom stereocenters. The zero-order valence-corrected chi connectivity index (χ0v) is 14.6. The Balaban J connectivity index is 2.18. The fourth-order valence-corrected chi connectivity index (χ4v) is 3.80. The summed E-state index contributed by atoms with van der Waals surface area (Å²) >= 11 is 0. The van der Waals surface area contributed by atoms with Crippen molar-refractivity contribution in [2.75, 3.05) is 5.32 Å². The molecule has 0 aliphatic heterocycles. The number of nitrogens with one attached hydrogen (secondary N) is 1. The molecule has 1 aliphatic rings. The van der Waals surface area contributed by atoms with E-state index in [2.05, 4.69) is 5.32 Å². The average Bonchev–Trinajstić information content (AvgIpc) is 2.70. The van der Waals surface area contributed by atoms with Crippen LogP contribution in [0.4, 0.5) is 5.69 Å². The third-order valence-electron chi connectivity index (χ3n) is 5.44. The SMILES string of the molecule is CC1(C)[C@@H](C(=O)Nc2ccc(S(N)(=O)=O)cc2)CC[C@@]1(C)C(=O)[O-]. The molecule has 1 amide bonds. The van der Waals surface area contributed by atoms with Crippen LogP contribution in [0.1, 0.15) is 33.6 Å². The zero-order chi connectivity index (χ0) is 18.3. The second-order valence-electron chi connectivity index (χ2n) is 6.99. The largest absolute Gasteiger partial charge is 0.550 e. The number of hydrogen-bond acceptors (Lipinski definition) is 5. The molecular formula is C16H21N2O5S-. The summed E-state index contributed by atoms with van der Waals surface area (Å²) in [5.74, 6) is -1.94. The average molecular weight is 353 g/mol. The molecule has 0 heterocycles. The van der Waals surface area contributed by atoms with Crippen molar-refractivity contribution in [2.24, 2.45) is 21.9 Å². The van der Waals surface area contributed by atoms with Crippen molar-refractivity contribution in [1.82, 2.24) is 0 Å². The van der Waals surface area contributed by atoms with Gasteiger partial charge in [0.2, 0.25) is 15.9 Å². The molecule has 3 N–H and O–H groups in total. The quantitative estimate of drug-likeness (QED) is 0.812. The maximum absolute atomic E-state index is 12.6. The standard InChI is InChI=1S/C16H22N2O5S/c1-15(2)12(8-9-16(15,3)14(20)21)13(19)18-10-4-6-11(7-5-10)24(17,22)23/h4-7,12H,8-9H2,1-3H3,(H,18,19)(H,20,21)(H2,17,22,23)/p-1/t12-,16+/m1/s1. The smallest absolute Gasteiger partial charge is 0.238 e. The molecule has 1 aromatic carbocycles. The van der Waals surface area contributed by atoms with Gasteiger partial charge in [0.15, 0.2) is 0 Å². The zero-order valence-electron chi connectivity index (χ0n) is 13.8. The van der Waals surface area contributed by atoms with Gasteiger partial charge in [0.05, 0.1) is 4.90 Å². The van der Waals surface area contributed by atoms with Gasteiger partial charge in [-0.05, 0) is 42.5 Å². The molecule has 2 rings (SSSR count). The van der Waals surface area contributed by atoms with Crippen LogP contribution in [0.2, 0.25) is 0 Å². The summed E-state index contributed by atoms with van der Waals surface area (Å²) < 4.78 is 22.4. The lowest BCUT2D eigenvalue weighted by Gasteiger charge is -2.41. The monoisotopic (exact) mass is 353 g/mol. The van der Waals surface area contributed by atoms with Crippen molar-refractivity contribution in [3.05, 3.63) is 24.3 Å². The lowest BCUT2D eigenvalue weighted by Crippen LogP contribution is -2.49. The molecule has 0 aromatic heterocycles. The van der Waals surface area contributed by atoms with Crippen molar-refractivity contribution >= 4 is 27.6 Å². The first-order valence-electron chi connectivity index (χ1n) is 7.55. The summed E-state index contributed by atoms with van der Waals surface area (Å²) in [6, 6.07) is 5.49. The molecule has 1 aromatic rings. The molecule has 1 aliphatic carbocycles. The van der Waals surface area contributed by atoms with Crippen LogP contribution in [0.25, 0.3) is 0 Å². The van der Waals surface area contributed by atoms with Crippen LogP contribution in [0.5, 0.6) is 0 Å². The number of carbonyl (C=O) groups is 2. The molecule has 132 valence electrons. The number of sulfonamides is 1. The van der Waals surface area contributed by atoms with Crippen molar-refractivity contribution in [3.8, 4) is 0 Å². The Bertz CT molecular complexity index is 770. The molecule has 0 radical (unpaired) electrons. The van der Waals surface area contributed by atoms with E-state index in [1.54, 1.807) is 20.8 Å². The fourth-order valence-electron chi connectivity index (χ4n) is 3.28. The second-order valence-corrected chi connectivity index (χ2v) is 8.55. The Hall–Kier alpha value is -1.93. The number of amides is 1. The van der Waals surface area contributed by atoms with Gasteiger partial charge >= 0.3 is 0 Å². The molecule has 1 fully saturated rings. The highest BCUT2D eigenvalue weighted by atomic mass is 32.2. The van der Waals surface area contributed by atoms with E-state index in [1.165, 1.54) is 24.3 Å². The lowest BCUT2D eigenvalue weighted by molar-refractivity contribution is -0.323. The molecule has 0 saturated heterocycles. The van der Waals surface area contributed by atoms with Gasteiger partial charge in [-0.3, -0.25) is 4.79 Å². The van der Waals surface area contributed by atoms with Crippen LogP contribution >= 0.6 is 0 Å². The van der Waals surface area contributed by atoms with Crippen molar-refractivity contribution in [2.45, 2.75) is 38.5 Å². The minimum Gasteiger partial charge on any atom is -0.550 e. The minimum absolute atomic E-state index is 0.0498. The Kier molecular flexibility index (Phi) is 4.49. The maximum Gasteiger partial charge on any atom is 0.238 e. The van der Waals surface area contributed by atoms with Crippen LogP contribution in [0.15, 0.2) is 29.2 Å². The van der Waals surface area contributed by atoms with Gasteiger partial charge in [0.25, 0.3) is 0 Å². The van der Waals surface area contributed by atoms with Gasteiger partial charge in [-0.15, -0.1) is 0 Å². The van der Waals surface area contributed by atoms with E-state index >= 15 is 0 Å². The van der Waals surface area contributed by atoms with Crippen molar-refractivity contribution in [1.29, 1.82) is 0 Å². The van der Waals surface area contributed by atoms with E-state index < -0.39 is 32.7 Å². The lowest BCUT2D eigenvalue weighted by atomic mass is 9.65. The number of rotatable bonds is 4. The van der Waals surface area contributed by atoms with Gasteiger partial charge in [0, 0.05) is 23.0 Å². The summed E-state index contributed by atoms with van der Waals surface area (Å²) in [5.41, 5.74) is -1.42. The normalized spacial score (nSPS) is 26.1. The number of carbonyl (C=O) groups excluding carboxylic acids is 2. The molecule has 0 bridgehead atoms.